The highest BCUT2D eigenvalue weighted by Crippen LogP contribution is 2.29. The Morgan fingerprint density at radius 2 is 1.56 bits per heavy atom. The molecule has 0 aliphatic rings. The van der Waals surface area contributed by atoms with Crippen LogP contribution in [0.5, 0.6) is 0 Å². The van der Waals surface area contributed by atoms with Gasteiger partial charge in [-0.3, -0.25) is 0 Å². The average molecular weight is 459 g/mol. The predicted molar refractivity (Wildman–Crippen MR) is 149 cm³/mol. The Morgan fingerprint density at radius 1 is 0.824 bits per heavy atom. The quantitative estimate of drug-likeness (QED) is 0.286. The van der Waals surface area contributed by atoms with Gasteiger partial charge < -0.3 is 9.47 Å². The number of para-hydroxylation sites is 3. The minimum Gasteiger partial charge on any atom is -0.315 e. The molecule has 0 aliphatic heterocycles. The first-order chi connectivity index (χ1) is 16.7. The molecule has 166 valence electrons. The van der Waals surface area contributed by atoms with E-state index < -0.39 is 0 Å². The monoisotopic (exact) mass is 458 g/mol. The van der Waals surface area contributed by atoms with E-state index in [0.717, 1.165) is 38.0 Å². The van der Waals surface area contributed by atoms with E-state index in [-0.39, 0.29) is 0 Å². The summed E-state index contributed by atoms with van der Waals surface area (Å²) in [7, 11) is 0. The highest BCUT2D eigenvalue weighted by Gasteiger charge is 2.14. The molecule has 0 aliphatic carbocycles. The van der Waals surface area contributed by atoms with Gasteiger partial charge in [0.1, 0.15) is 0 Å². The lowest BCUT2D eigenvalue weighted by Crippen LogP contribution is -2.31. The maximum Gasteiger partial charge on any atom is 0.0707 e. The fourth-order valence-electron chi connectivity index (χ4n) is 4.44. The Balaban J connectivity index is 1.93. The number of thiol groups is 1. The van der Waals surface area contributed by atoms with Crippen molar-refractivity contribution in [3.05, 3.63) is 132 Å². The molecule has 0 unspecified atom stereocenters. The Bertz CT molecular complexity index is 1600. The Morgan fingerprint density at radius 3 is 2.32 bits per heavy atom. The molecular weight excluding hydrogens is 432 g/mol. The van der Waals surface area contributed by atoms with Crippen LogP contribution in [0.1, 0.15) is 5.56 Å². The zero-order chi connectivity index (χ0) is 23.5. The SMILES string of the molecule is C=C/C=c1\c(=C/N(c2ccccc2)c2ccccc2C)n(-c2cccc(S)c2)c2ccccc12. The van der Waals surface area contributed by atoms with Crippen LogP contribution in [0.25, 0.3) is 28.9 Å². The topological polar surface area (TPSA) is 8.17 Å². The van der Waals surface area contributed by atoms with Crippen LogP contribution in [0.4, 0.5) is 11.4 Å². The van der Waals surface area contributed by atoms with Crippen molar-refractivity contribution in [2.75, 3.05) is 4.90 Å². The number of anilines is 2. The summed E-state index contributed by atoms with van der Waals surface area (Å²) in [5.41, 5.74) is 5.64. The number of benzene rings is 4. The van der Waals surface area contributed by atoms with E-state index in [1.54, 1.807) is 0 Å². The molecule has 1 heterocycles. The summed E-state index contributed by atoms with van der Waals surface area (Å²) in [6.45, 7) is 6.15. The van der Waals surface area contributed by atoms with E-state index in [1.165, 1.54) is 10.9 Å². The molecular formula is C31H26N2S. The second-order valence-corrected chi connectivity index (χ2v) is 8.71. The van der Waals surface area contributed by atoms with Crippen molar-refractivity contribution in [1.29, 1.82) is 0 Å². The number of hydrogen-bond donors (Lipinski definition) is 1. The number of rotatable bonds is 5. The standard InChI is InChI=1S/C31H26N2S/c1-3-12-27-28-18-8-10-20-30(28)33(25-16-11-17-26(34)21-25)31(27)22-32(24-14-5-4-6-15-24)29-19-9-7-13-23(29)2/h3-22,34H,1H2,2H3/b27-12-,31-22+. The molecule has 0 N–H and O–H groups in total. The van der Waals surface area contributed by atoms with E-state index in [1.807, 2.05) is 24.3 Å². The van der Waals surface area contributed by atoms with Gasteiger partial charge >= 0.3 is 0 Å². The molecule has 5 rings (SSSR count). The molecule has 4 aromatic carbocycles. The van der Waals surface area contributed by atoms with Crippen molar-refractivity contribution in [2.24, 2.45) is 0 Å². The van der Waals surface area contributed by atoms with Crippen molar-refractivity contribution in [1.82, 2.24) is 4.57 Å². The normalized spacial score (nSPS) is 12.3. The molecule has 0 radical (unpaired) electrons. The lowest BCUT2D eigenvalue weighted by atomic mass is 10.1. The molecule has 2 nitrogen and oxygen atoms in total. The molecule has 0 bridgehead atoms. The molecule has 3 heteroatoms. The van der Waals surface area contributed by atoms with Crippen LogP contribution < -0.4 is 15.5 Å². The zero-order valence-corrected chi connectivity index (χ0v) is 20.0. The second kappa shape index (κ2) is 9.50. The van der Waals surface area contributed by atoms with Gasteiger partial charge in [-0.1, -0.05) is 79.4 Å². The average Bonchev–Trinajstić information content (AvgIpc) is 3.17. The molecule has 1 aromatic heterocycles. The third-order valence-corrected chi connectivity index (χ3v) is 6.26. The van der Waals surface area contributed by atoms with Gasteiger partial charge in [0.15, 0.2) is 0 Å². The van der Waals surface area contributed by atoms with Gasteiger partial charge in [0.25, 0.3) is 0 Å². The minimum atomic E-state index is 0.925. The molecule has 0 amide bonds. The molecule has 34 heavy (non-hydrogen) atoms. The fraction of sp³-hybridized carbons (Fsp3) is 0.0323. The van der Waals surface area contributed by atoms with Crippen molar-refractivity contribution in [2.45, 2.75) is 11.8 Å². The third-order valence-electron chi connectivity index (χ3n) is 5.99. The maximum atomic E-state index is 4.62. The molecule has 5 aromatic rings. The smallest absolute Gasteiger partial charge is 0.0707 e. The number of nitrogens with zero attached hydrogens (tertiary/aromatic N) is 2. The van der Waals surface area contributed by atoms with Gasteiger partial charge in [-0.25, -0.2) is 0 Å². The first-order valence-corrected chi connectivity index (χ1v) is 11.8. The van der Waals surface area contributed by atoms with Gasteiger partial charge in [-0.05, 0) is 55.0 Å². The summed E-state index contributed by atoms with van der Waals surface area (Å²) in [5.74, 6) is 0. The van der Waals surface area contributed by atoms with Crippen molar-refractivity contribution in [3.63, 3.8) is 0 Å². The predicted octanol–water partition coefficient (Wildman–Crippen LogP) is 6.77. The van der Waals surface area contributed by atoms with Gasteiger partial charge in [0.05, 0.1) is 10.9 Å². The molecule has 0 spiro atoms. The highest BCUT2D eigenvalue weighted by atomic mass is 32.1. The second-order valence-electron chi connectivity index (χ2n) is 8.19. The van der Waals surface area contributed by atoms with Gasteiger partial charge in [-0.15, -0.1) is 12.6 Å². The Kier molecular flexibility index (Phi) is 6.11. The number of aromatic nitrogens is 1. The molecule has 0 saturated carbocycles. The van der Waals surface area contributed by atoms with Crippen LogP contribution in [0.15, 0.2) is 121 Å². The van der Waals surface area contributed by atoms with Crippen LogP contribution >= 0.6 is 12.6 Å². The number of fused-ring (bicyclic) bond motifs is 1. The van der Waals surface area contributed by atoms with Crippen molar-refractivity contribution < 1.29 is 0 Å². The van der Waals surface area contributed by atoms with E-state index in [0.29, 0.717) is 0 Å². The maximum absolute atomic E-state index is 4.62. The van der Waals surface area contributed by atoms with Gasteiger partial charge in [0, 0.05) is 38.8 Å². The largest absolute Gasteiger partial charge is 0.315 e. The van der Waals surface area contributed by atoms with Crippen molar-refractivity contribution >= 4 is 47.2 Å². The zero-order valence-electron chi connectivity index (χ0n) is 19.1. The minimum absolute atomic E-state index is 0.925. The summed E-state index contributed by atoms with van der Waals surface area (Å²) in [6.07, 6.45) is 6.19. The number of hydrogen-bond acceptors (Lipinski definition) is 2. The summed E-state index contributed by atoms with van der Waals surface area (Å²) in [6, 6.07) is 35.7. The summed E-state index contributed by atoms with van der Waals surface area (Å²) in [5, 5.41) is 3.38. The van der Waals surface area contributed by atoms with Crippen LogP contribution in [-0.4, -0.2) is 4.57 Å². The van der Waals surface area contributed by atoms with Gasteiger partial charge in [0.2, 0.25) is 0 Å². The van der Waals surface area contributed by atoms with E-state index in [4.69, 9.17) is 0 Å². The molecule has 0 atom stereocenters. The first-order valence-electron chi connectivity index (χ1n) is 11.3. The Labute approximate surface area is 205 Å². The van der Waals surface area contributed by atoms with Gasteiger partial charge in [-0.2, -0.15) is 0 Å². The fourth-order valence-corrected chi connectivity index (χ4v) is 4.66. The summed E-state index contributed by atoms with van der Waals surface area (Å²) < 4.78 is 2.30. The number of allylic oxidation sites excluding steroid dienone is 1. The third kappa shape index (κ3) is 4.07. The van der Waals surface area contributed by atoms with E-state index >= 15 is 0 Å². The van der Waals surface area contributed by atoms with Crippen molar-refractivity contribution in [3.8, 4) is 5.69 Å². The van der Waals surface area contributed by atoms with E-state index in [9.17, 15) is 0 Å². The highest BCUT2D eigenvalue weighted by molar-refractivity contribution is 7.80. The summed E-state index contributed by atoms with van der Waals surface area (Å²) >= 11 is 4.62. The van der Waals surface area contributed by atoms with Crippen LogP contribution in [0, 0.1) is 6.92 Å². The molecule has 0 fully saturated rings. The Hall–Kier alpha value is -3.95. The van der Waals surface area contributed by atoms with Crippen LogP contribution in [-0.2, 0) is 0 Å². The molecule has 0 saturated heterocycles. The number of aryl methyl sites for hydroxylation is 1. The first kappa shape index (κ1) is 21.9. The lowest BCUT2D eigenvalue weighted by Gasteiger charge is -2.23. The van der Waals surface area contributed by atoms with Crippen LogP contribution in [0.2, 0.25) is 0 Å². The lowest BCUT2D eigenvalue weighted by molar-refractivity contribution is 1.05. The van der Waals surface area contributed by atoms with E-state index in [2.05, 4.69) is 133 Å². The van der Waals surface area contributed by atoms with Crippen LogP contribution in [0.3, 0.4) is 0 Å². The summed E-state index contributed by atoms with van der Waals surface area (Å²) in [4.78, 5) is 3.19.